The van der Waals surface area contributed by atoms with Gasteiger partial charge in [0.05, 0.1) is 4.92 Å². The zero-order valence-corrected chi connectivity index (χ0v) is 11.3. The number of aryl methyl sites for hydroxylation is 1. The lowest BCUT2D eigenvalue weighted by Crippen LogP contribution is -2.29. The monoisotopic (exact) mass is 280 g/mol. The number of benzene rings is 1. The van der Waals surface area contributed by atoms with Crippen molar-refractivity contribution >= 4 is 17.6 Å². The lowest BCUT2D eigenvalue weighted by Gasteiger charge is -2.10. The molecule has 7 heteroatoms. The van der Waals surface area contributed by atoms with Crippen molar-refractivity contribution in [3.8, 4) is 0 Å². The summed E-state index contributed by atoms with van der Waals surface area (Å²) in [7, 11) is 0. The van der Waals surface area contributed by atoms with Crippen LogP contribution in [0.5, 0.6) is 0 Å². The van der Waals surface area contributed by atoms with Crippen molar-refractivity contribution in [2.75, 3.05) is 6.54 Å². The molecule has 0 fully saturated rings. The molecule has 0 heterocycles. The lowest BCUT2D eigenvalue weighted by molar-refractivity contribution is -0.384. The average molecular weight is 280 g/mol. The van der Waals surface area contributed by atoms with E-state index in [1.165, 1.54) is 12.1 Å². The van der Waals surface area contributed by atoms with Crippen molar-refractivity contribution in [1.29, 1.82) is 0 Å². The van der Waals surface area contributed by atoms with Crippen molar-refractivity contribution in [3.63, 3.8) is 0 Å². The Kier molecular flexibility index (Phi) is 5.19. The molecule has 0 radical (unpaired) electrons. The number of amides is 1. The second-order valence-corrected chi connectivity index (χ2v) is 4.73. The van der Waals surface area contributed by atoms with Crippen LogP contribution in [0.3, 0.4) is 0 Å². The molecule has 0 saturated heterocycles. The number of nitrogens with one attached hydrogen (secondary N) is 1. The molecule has 2 N–H and O–H groups in total. The molecule has 0 aliphatic carbocycles. The summed E-state index contributed by atoms with van der Waals surface area (Å²) in [5.41, 5.74) is 0.663. The largest absolute Gasteiger partial charge is 0.481 e. The number of hydrogen-bond acceptors (Lipinski definition) is 4. The molecule has 1 rings (SSSR count). The minimum atomic E-state index is -0.932. The first-order valence-electron chi connectivity index (χ1n) is 6.05. The van der Waals surface area contributed by atoms with E-state index in [-0.39, 0.29) is 30.1 Å². The van der Waals surface area contributed by atoms with Crippen LogP contribution in [0.25, 0.3) is 0 Å². The minimum absolute atomic E-state index is 0.0474. The maximum absolute atomic E-state index is 11.9. The van der Waals surface area contributed by atoms with E-state index >= 15 is 0 Å². The van der Waals surface area contributed by atoms with E-state index < -0.39 is 16.8 Å². The maximum atomic E-state index is 11.9. The smallest absolute Gasteiger partial charge is 0.303 e. The van der Waals surface area contributed by atoms with Gasteiger partial charge in [0, 0.05) is 30.7 Å². The number of nitro groups is 1. The summed E-state index contributed by atoms with van der Waals surface area (Å²) in [5, 5.41) is 21.9. The number of aliphatic carboxylic acids is 1. The Morgan fingerprint density at radius 3 is 2.60 bits per heavy atom. The summed E-state index contributed by atoms with van der Waals surface area (Å²) >= 11 is 0. The van der Waals surface area contributed by atoms with Crippen LogP contribution in [0, 0.1) is 23.0 Å². The summed E-state index contributed by atoms with van der Waals surface area (Å²) in [6, 6.07) is 4.12. The normalized spacial score (nSPS) is 11.7. The molecular weight excluding hydrogens is 264 g/mol. The summed E-state index contributed by atoms with van der Waals surface area (Å²) in [6.07, 6.45) is -0.0474. The molecule has 1 aromatic carbocycles. The van der Waals surface area contributed by atoms with Crippen LogP contribution in [0.2, 0.25) is 0 Å². The van der Waals surface area contributed by atoms with Crippen LogP contribution < -0.4 is 5.32 Å². The Morgan fingerprint density at radius 2 is 2.05 bits per heavy atom. The molecule has 0 aromatic heterocycles. The third kappa shape index (κ3) is 4.68. The summed E-state index contributed by atoms with van der Waals surface area (Å²) < 4.78 is 0. The molecule has 1 unspecified atom stereocenters. The van der Waals surface area contributed by atoms with Gasteiger partial charge >= 0.3 is 5.97 Å². The van der Waals surface area contributed by atoms with Crippen molar-refractivity contribution in [3.05, 3.63) is 39.4 Å². The van der Waals surface area contributed by atoms with Gasteiger partial charge in [0.25, 0.3) is 11.6 Å². The fourth-order valence-corrected chi connectivity index (χ4v) is 1.74. The molecule has 0 aliphatic rings. The third-order valence-electron chi connectivity index (χ3n) is 2.67. The van der Waals surface area contributed by atoms with Gasteiger partial charge in [-0.1, -0.05) is 6.92 Å². The topological polar surface area (TPSA) is 110 Å². The predicted molar refractivity (Wildman–Crippen MR) is 71.6 cm³/mol. The van der Waals surface area contributed by atoms with Crippen molar-refractivity contribution in [2.24, 2.45) is 5.92 Å². The highest BCUT2D eigenvalue weighted by atomic mass is 16.6. The second-order valence-electron chi connectivity index (χ2n) is 4.73. The number of carboxylic acids is 1. The number of carbonyl (C=O) groups is 2. The van der Waals surface area contributed by atoms with Crippen LogP contribution in [0.4, 0.5) is 5.69 Å². The number of hydrogen-bond donors (Lipinski definition) is 2. The molecule has 1 aromatic rings. The van der Waals surface area contributed by atoms with Gasteiger partial charge in [-0.05, 0) is 24.5 Å². The van der Waals surface area contributed by atoms with Gasteiger partial charge in [0.1, 0.15) is 0 Å². The van der Waals surface area contributed by atoms with Crippen LogP contribution in [0.1, 0.15) is 29.3 Å². The van der Waals surface area contributed by atoms with Crippen molar-refractivity contribution < 1.29 is 19.6 Å². The van der Waals surface area contributed by atoms with E-state index in [1.54, 1.807) is 19.9 Å². The molecule has 1 atom stereocenters. The standard InChI is InChI=1S/C13H16N2O5/c1-8-3-10(6-11(4-8)15(19)20)13(18)14-7-9(2)5-12(16)17/h3-4,6,9H,5,7H2,1-2H3,(H,14,18)(H,16,17). The Morgan fingerprint density at radius 1 is 1.40 bits per heavy atom. The highest BCUT2D eigenvalue weighted by molar-refractivity contribution is 5.95. The van der Waals surface area contributed by atoms with E-state index in [2.05, 4.69) is 5.32 Å². The predicted octanol–water partition coefficient (Wildman–Crippen LogP) is 1.74. The lowest BCUT2D eigenvalue weighted by atomic mass is 10.1. The van der Waals surface area contributed by atoms with Gasteiger partial charge in [-0.3, -0.25) is 19.7 Å². The second kappa shape index (κ2) is 6.65. The Labute approximate surface area is 115 Å². The maximum Gasteiger partial charge on any atom is 0.303 e. The number of carbonyl (C=O) groups excluding carboxylic acids is 1. The highest BCUT2D eigenvalue weighted by Crippen LogP contribution is 2.16. The molecule has 108 valence electrons. The van der Waals surface area contributed by atoms with Gasteiger partial charge in [-0.15, -0.1) is 0 Å². The van der Waals surface area contributed by atoms with Crippen LogP contribution in [-0.2, 0) is 4.79 Å². The number of non-ortho nitro benzene ring substituents is 1. The molecule has 0 bridgehead atoms. The fraction of sp³-hybridized carbons (Fsp3) is 0.385. The Hall–Kier alpha value is -2.44. The van der Waals surface area contributed by atoms with Gasteiger partial charge in [0.15, 0.2) is 0 Å². The Balaban J connectivity index is 2.73. The van der Waals surface area contributed by atoms with Gasteiger partial charge < -0.3 is 10.4 Å². The van der Waals surface area contributed by atoms with E-state index in [0.717, 1.165) is 0 Å². The molecular formula is C13H16N2O5. The third-order valence-corrected chi connectivity index (χ3v) is 2.67. The van der Waals surface area contributed by atoms with Gasteiger partial charge in [-0.2, -0.15) is 0 Å². The number of nitrogens with zero attached hydrogens (tertiary/aromatic N) is 1. The van der Waals surface area contributed by atoms with Crippen molar-refractivity contribution in [2.45, 2.75) is 20.3 Å². The molecule has 0 saturated carbocycles. The summed E-state index contributed by atoms with van der Waals surface area (Å²) in [4.78, 5) is 32.5. The Bertz CT molecular complexity index is 542. The molecule has 0 aliphatic heterocycles. The highest BCUT2D eigenvalue weighted by Gasteiger charge is 2.14. The SMILES string of the molecule is Cc1cc(C(=O)NCC(C)CC(=O)O)cc([N+](=O)[O-])c1. The van der Waals surface area contributed by atoms with Crippen LogP contribution >= 0.6 is 0 Å². The zero-order chi connectivity index (χ0) is 15.3. The number of carboxylic acid groups (broad SMARTS) is 1. The number of nitro benzene ring substituents is 1. The van der Waals surface area contributed by atoms with E-state index in [0.29, 0.717) is 5.56 Å². The molecule has 7 nitrogen and oxygen atoms in total. The zero-order valence-electron chi connectivity index (χ0n) is 11.3. The van der Waals surface area contributed by atoms with Gasteiger partial charge in [-0.25, -0.2) is 0 Å². The average Bonchev–Trinajstić information content (AvgIpc) is 2.34. The first-order chi connectivity index (χ1) is 9.29. The number of rotatable bonds is 6. The first kappa shape index (κ1) is 15.6. The van der Waals surface area contributed by atoms with Gasteiger partial charge in [0.2, 0.25) is 0 Å². The van der Waals surface area contributed by atoms with E-state index in [1.807, 2.05) is 0 Å². The van der Waals surface area contributed by atoms with E-state index in [9.17, 15) is 19.7 Å². The molecule has 20 heavy (non-hydrogen) atoms. The summed E-state index contributed by atoms with van der Waals surface area (Å²) in [6.45, 7) is 3.57. The van der Waals surface area contributed by atoms with Crippen LogP contribution in [-0.4, -0.2) is 28.5 Å². The first-order valence-corrected chi connectivity index (χ1v) is 6.05. The quantitative estimate of drug-likeness (QED) is 0.609. The summed E-state index contributed by atoms with van der Waals surface area (Å²) in [5.74, 6) is -1.59. The minimum Gasteiger partial charge on any atom is -0.481 e. The van der Waals surface area contributed by atoms with Crippen LogP contribution in [0.15, 0.2) is 18.2 Å². The molecule has 0 spiro atoms. The van der Waals surface area contributed by atoms with E-state index in [4.69, 9.17) is 5.11 Å². The van der Waals surface area contributed by atoms with Crippen molar-refractivity contribution in [1.82, 2.24) is 5.32 Å². The fourth-order valence-electron chi connectivity index (χ4n) is 1.74. The molecule has 1 amide bonds.